The Balaban J connectivity index is 1.59. The molecular weight excluding hydrogens is 506 g/mol. The fraction of sp³-hybridized carbons (Fsp3) is 0.393. The maximum absolute atomic E-state index is 13.1. The van der Waals surface area contributed by atoms with Crippen molar-refractivity contribution in [2.75, 3.05) is 6.54 Å². The minimum atomic E-state index is -0.993. The van der Waals surface area contributed by atoms with Crippen LogP contribution in [0.2, 0.25) is 0 Å². The molecule has 0 radical (unpaired) electrons. The van der Waals surface area contributed by atoms with Crippen LogP contribution in [0, 0.1) is 5.92 Å². The Morgan fingerprint density at radius 2 is 1.79 bits per heavy atom. The molecule has 1 saturated carbocycles. The summed E-state index contributed by atoms with van der Waals surface area (Å²) in [6, 6.07) is 13.6. The van der Waals surface area contributed by atoms with Crippen LogP contribution in [0.5, 0.6) is 5.75 Å². The number of ether oxygens (including phenoxy) is 2. The first-order chi connectivity index (χ1) is 18.7. The van der Waals surface area contributed by atoms with E-state index in [4.69, 9.17) is 9.47 Å². The maximum atomic E-state index is 13.1. The Morgan fingerprint density at radius 3 is 2.51 bits per heavy atom. The quantitative estimate of drug-likeness (QED) is 0.182. The lowest BCUT2D eigenvalue weighted by Crippen LogP contribution is -2.51. The molecule has 1 fully saturated rings. The predicted octanol–water partition coefficient (Wildman–Crippen LogP) is 2.79. The lowest BCUT2D eigenvalue weighted by molar-refractivity contribution is -0.142. The smallest absolute Gasteiger partial charge is 0.407 e. The molecule has 1 aliphatic rings. The number of benzene rings is 2. The van der Waals surface area contributed by atoms with E-state index in [1.165, 1.54) is 25.1 Å². The molecule has 2 aromatic carbocycles. The fourth-order valence-electron chi connectivity index (χ4n) is 4.36. The molecule has 3 atom stereocenters. The SMILES string of the molecule is CC(=O)Oc1cccc(C(=O)N[C@@H](CCCNC(=O)OCc2ccccc2)C(=O)N[C@H]2CCC[C@H]2C(=O)O)c1. The van der Waals surface area contributed by atoms with Gasteiger partial charge in [-0.25, -0.2) is 4.79 Å². The molecule has 0 bridgehead atoms. The highest BCUT2D eigenvalue weighted by Gasteiger charge is 2.35. The van der Waals surface area contributed by atoms with Gasteiger partial charge in [0.05, 0.1) is 5.92 Å². The molecule has 0 spiro atoms. The molecule has 3 rings (SSSR count). The molecule has 11 heteroatoms. The second kappa shape index (κ2) is 14.5. The molecule has 0 saturated heterocycles. The molecule has 11 nitrogen and oxygen atoms in total. The topological polar surface area (TPSA) is 160 Å². The van der Waals surface area contributed by atoms with Crippen molar-refractivity contribution in [2.24, 2.45) is 5.92 Å². The number of nitrogens with one attached hydrogen (secondary N) is 3. The van der Waals surface area contributed by atoms with Gasteiger partial charge in [-0.2, -0.15) is 0 Å². The number of amides is 3. The van der Waals surface area contributed by atoms with E-state index in [0.717, 1.165) is 5.56 Å². The molecule has 0 heterocycles. The number of carbonyl (C=O) groups excluding carboxylic acids is 4. The number of hydrogen-bond donors (Lipinski definition) is 4. The molecule has 0 aliphatic heterocycles. The summed E-state index contributed by atoms with van der Waals surface area (Å²) in [5.74, 6) is -3.09. The van der Waals surface area contributed by atoms with Crippen LogP contribution in [-0.4, -0.2) is 53.6 Å². The van der Waals surface area contributed by atoms with Crippen LogP contribution in [0.4, 0.5) is 4.79 Å². The van der Waals surface area contributed by atoms with Crippen molar-refractivity contribution in [3.8, 4) is 5.75 Å². The number of carboxylic acids is 1. The predicted molar refractivity (Wildman–Crippen MR) is 140 cm³/mol. The number of carbonyl (C=O) groups is 5. The van der Waals surface area contributed by atoms with Gasteiger partial charge >= 0.3 is 18.0 Å². The summed E-state index contributed by atoms with van der Waals surface area (Å²) in [7, 11) is 0. The van der Waals surface area contributed by atoms with Crippen molar-refractivity contribution >= 4 is 29.8 Å². The highest BCUT2D eigenvalue weighted by atomic mass is 16.5. The maximum Gasteiger partial charge on any atom is 0.407 e. The van der Waals surface area contributed by atoms with Crippen molar-refractivity contribution in [3.05, 3.63) is 65.7 Å². The van der Waals surface area contributed by atoms with Crippen molar-refractivity contribution in [3.63, 3.8) is 0 Å². The van der Waals surface area contributed by atoms with E-state index in [2.05, 4.69) is 16.0 Å². The zero-order chi connectivity index (χ0) is 28.2. The number of aliphatic carboxylic acids is 1. The number of esters is 1. The Bertz CT molecular complexity index is 1170. The normalized spacial score (nSPS) is 16.9. The van der Waals surface area contributed by atoms with Gasteiger partial charge in [0.2, 0.25) is 5.91 Å². The molecule has 208 valence electrons. The van der Waals surface area contributed by atoms with Gasteiger partial charge in [0.1, 0.15) is 18.4 Å². The van der Waals surface area contributed by atoms with Crippen molar-refractivity contribution in [1.82, 2.24) is 16.0 Å². The van der Waals surface area contributed by atoms with Crippen LogP contribution in [0.3, 0.4) is 0 Å². The Kier molecular flexibility index (Phi) is 10.8. The van der Waals surface area contributed by atoms with Crippen molar-refractivity contribution < 1.29 is 38.6 Å². The standard InChI is InChI=1S/C28H33N3O8/c1-18(32)39-21-11-5-10-20(16-21)25(33)31-24(26(34)30-23-13-6-12-22(23)27(35)36)14-7-15-29-28(37)38-17-19-8-3-2-4-9-19/h2-5,8-11,16,22-24H,6-7,12-15,17H2,1H3,(H,29,37)(H,30,34)(H,31,33)(H,35,36)/t22-,23+,24+/m1/s1. The van der Waals surface area contributed by atoms with Crippen molar-refractivity contribution in [2.45, 2.75) is 57.7 Å². The number of rotatable bonds is 12. The van der Waals surface area contributed by atoms with Gasteiger partial charge in [-0.05, 0) is 49.4 Å². The Morgan fingerprint density at radius 1 is 1.03 bits per heavy atom. The molecule has 4 N–H and O–H groups in total. The number of alkyl carbamates (subject to hydrolysis) is 1. The summed E-state index contributed by atoms with van der Waals surface area (Å²) < 4.78 is 10.2. The molecule has 0 unspecified atom stereocenters. The van der Waals surface area contributed by atoms with E-state index >= 15 is 0 Å². The number of hydrogen-bond acceptors (Lipinski definition) is 7. The summed E-state index contributed by atoms with van der Waals surface area (Å²) in [5.41, 5.74) is 1.02. The highest BCUT2D eigenvalue weighted by molar-refractivity contribution is 5.98. The van der Waals surface area contributed by atoms with Crippen molar-refractivity contribution in [1.29, 1.82) is 0 Å². The summed E-state index contributed by atoms with van der Waals surface area (Å²) in [6.07, 6.45) is 1.57. The Hall–Kier alpha value is -4.41. The third-order valence-electron chi connectivity index (χ3n) is 6.29. The van der Waals surface area contributed by atoms with Crippen LogP contribution >= 0.6 is 0 Å². The minimum Gasteiger partial charge on any atom is -0.481 e. The van der Waals surface area contributed by atoms with E-state index in [0.29, 0.717) is 25.7 Å². The summed E-state index contributed by atoms with van der Waals surface area (Å²) >= 11 is 0. The van der Waals surface area contributed by atoms with E-state index in [-0.39, 0.29) is 30.9 Å². The molecule has 0 aromatic heterocycles. The minimum absolute atomic E-state index is 0.117. The first-order valence-corrected chi connectivity index (χ1v) is 12.8. The van der Waals surface area contributed by atoms with E-state index in [9.17, 15) is 29.1 Å². The van der Waals surface area contributed by atoms with Gasteiger partial charge < -0.3 is 30.5 Å². The van der Waals surface area contributed by atoms with E-state index < -0.39 is 47.8 Å². The zero-order valence-electron chi connectivity index (χ0n) is 21.7. The fourth-order valence-corrected chi connectivity index (χ4v) is 4.36. The van der Waals surface area contributed by atoms with Crippen LogP contribution in [0.1, 0.15) is 54.9 Å². The third-order valence-corrected chi connectivity index (χ3v) is 6.29. The lowest BCUT2D eigenvalue weighted by Gasteiger charge is -2.23. The van der Waals surface area contributed by atoms with Gasteiger partial charge in [-0.15, -0.1) is 0 Å². The third kappa shape index (κ3) is 9.44. The van der Waals surface area contributed by atoms with Gasteiger partial charge in [0, 0.05) is 25.1 Å². The molecule has 3 amide bonds. The van der Waals surface area contributed by atoms with Crippen LogP contribution in [0.15, 0.2) is 54.6 Å². The molecular formula is C28H33N3O8. The molecule has 39 heavy (non-hydrogen) atoms. The van der Waals surface area contributed by atoms with Gasteiger partial charge in [-0.1, -0.05) is 42.8 Å². The Labute approximate surface area is 226 Å². The average molecular weight is 540 g/mol. The first-order valence-electron chi connectivity index (χ1n) is 12.8. The monoisotopic (exact) mass is 539 g/mol. The molecule has 1 aliphatic carbocycles. The van der Waals surface area contributed by atoms with Gasteiger partial charge in [0.15, 0.2) is 0 Å². The summed E-state index contributed by atoms with van der Waals surface area (Å²) in [5, 5.41) is 17.5. The first kappa shape index (κ1) is 29.2. The second-order valence-electron chi connectivity index (χ2n) is 9.27. The lowest BCUT2D eigenvalue weighted by atomic mass is 10.0. The largest absolute Gasteiger partial charge is 0.481 e. The zero-order valence-corrected chi connectivity index (χ0v) is 21.7. The second-order valence-corrected chi connectivity index (χ2v) is 9.27. The van der Waals surface area contributed by atoms with Gasteiger partial charge in [0.25, 0.3) is 5.91 Å². The average Bonchev–Trinajstić information content (AvgIpc) is 3.38. The van der Waals surface area contributed by atoms with Gasteiger partial charge in [-0.3, -0.25) is 19.2 Å². The van der Waals surface area contributed by atoms with Crippen LogP contribution < -0.4 is 20.7 Å². The molecule has 2 aromatic rings. The highest BCUT2D eigenvalue weighted by Crippen LogP contribution is 2.26. The van der Waals surface area contributed by atoms with Crippen LogP contribution in [-0.2, 0) is 25.7 Å². The van der Waals surface area contributed by atoms with E-state index in [1.54, 1.807) is 6.07 Å². The summed E-state index contributed by atoms with van der Waals surface area (Å²) in [4.78, 5) is 60.9. The summed E-state index contributed by atoms with van der Waals surface area (Å²) in [6.45, 7) is 1.55. The van der Waals surface area contributed by atoms with Crippen LogP contribution in [0.25, 0.3) is 0 Å². The number of carboxylic acid groups (broad SMARTS) is 1. The van der Waals surface area contributed by atoms with E-state index in [1.807, 2.05) is 30.3 Å².